The maximum atomic E-state index is 11.9. The quantitative estimate of drug-likeness (QED) is 0.453. The summed E-state index contributed by atoms with van der Waals surface area (Å²) in [6.07, 6.45) is 8.07. The zero-order valence-corrected chi connectivity index (χ0v) is 14.3. The van der Waals surface area contributed by atoms with Gasteiger partial charge in [-0.15, -0.1) is 0 Å². The number of hydrogen-bond donors (Lipinski definition) is 3. The third-order valence-electron chi connectivity index (χ3n) is 4.46. The van der Waals surface area contributed by atoms with Gasteiger partial charge in [-0.3, -0.25) is 4.79 Å². The molecule has 0 aliphatic carbocycles. The first-order valence-electron chi connectivity index (χ1n) is 8.99. The molecule has 1 fully saturated rings. The number of urea groups is 1. The number of aliphatic hydroxyl groups is 1. The summed E-state index contributed by atoms with van der Waals surface area (Å²) in [6, 6.07) is 0.184. The number of nitrogens with zero attached hydrogens (tertiary/aromatic N) is 1. The zero-order chi connectivity index (χ0) is 17.1. The minimum Gasteiger partial charge on any atom is -0.481 e. The monoisotopic (exact) mass is 328 g/mol. The molecule has 134 valence electrons. The fraction of sp³-hybridized carbons (Fsp3) is 0.882. The minimum absolute atomic E-state index is 0.0245. The fourth-order valence-corrected chi connectivity index (χ4v) is 3.01. The van der Waals surface area contributed by atoms with Gasteiger partial charge >= 0.3 is 12.0 Å². The van der Waals surface area contributed by atoms with E-state index in [1.165, 1.54) is 0 Å². The molecule has 0 aromatic carbocycles. The summed E-state index contributed by atoms with van der Waals surface area (Å²) in [5, 5.41) is 21.4. The molecule has 6 nitrogen and oxygen atoms in total. The van der Waals surface area contributed by atoms with Gasteiger partial charge < -0.3 is 20.4 Å². The van der Waals surface area contributed by atoms with Gasteiger partial charge in [0.1, 0.15) is 0 Å². The third kappa shape index (κ3) is 8.21. The van der Waals surface area contributed by atoms with Crippen molar-refractivity contribution in [1.82, 2.24) is 10.2 Å². The van der Waals surface area contributed by atoms with Crippen molar-refractivity contribution in [3.63, 3.8) is 0 Å². The maximum Gasteiger partial charge on any atom is 0.317 e. The number of hydrogen-bond acceptors (Lipinski definition) is 3. The molecule has 1 aliphatic rings. The van der Waals surface area contributed by atoms with Gasteiger partial charge in [0.15, 0.2) is 0 Å². The molecule has 0 bridgehead atoms. The Kier molecular flexibility index (Phi) is 9.67. The van der Waals surface area contributed by atoms with Gasteiger partial charge in [0, 0.05) is 19.5 Å². The molecule has 1 heterocycles. The van der Waals surface area contributed by atoms with Crippen LogP contribution in [0.15, 0.2) is 0 Å². The number of carbonyl (C=O) groups excluding carboxylic acids is 1. The molecule has 2 unspecified atom stereocenters. The smallest absolute Gasteiger partial charge is 0.317 e. The van der Waals surface area contributed by atoms with Crippen LogP contribution in [0.5, 0.6) is 0 Å². The van der Waals surface area contributed by atoms with Crippen LogP contribution in [0, 0.1) is 0 Å². The summed E-state index contributed by atoms with van der Waals surface area (Å²) in [5.41, 5.74) is 0. The fourth-order valence-electron chi connectivity index (χ4n) is 3.01. The van der Waals surface area contributed by atoms with E-state index in [4.69, 9.17) is 5.11 Å². The molecule has 23 heavy (non-hydrogen) atoms. The molecule has 0 radical (unpaired) electrons. The Morgan fingerprint density at radius 2 is 2.00 bits per heavy atom. The molecular weight excluding hydrogens is 296 g/mol. The SMILES string of the molecule is CCCCC(O)CCN1C(=O)NCC1CCCCCCC(=O)O. The lowest BCUT2D eigenvalue weighted by molar-refractivity contribution is -0.137. The van der Waals surface area contributed by atoms with Crippen LogP contribution in [0.4, 0.5) is 4.79 Å². The van der Waals surface area contributed by atoms with E-state index in [-0.39, 0.29) is 24.6 Å². The van der Waals surface area contributed by atoms with Crippen LogP contribution < -0.4 is 5.32 Å². The first-order valence-corrected chi connectivity index (χ1v) is 8.99. The van der Waals surface area contributed by atoms with Crippen molar-refractivity contribution in [1.29, 1.82) is 0 Å². The highest BCUT2D eigenvalue weighted by Crippen LogP contribution is 2.17. The number of nitrogens with one attached hydrogen (secondary N) is 1. The summed E-state index contributed by atoms with van der Waals surface area (Å²) < 4.78 is 0. The highest BCUT2D eigenvalue weighted by atomic mass is 16.4. The van der Waals surface area contributed by atoms with Gasteiger partial charge in [-0.05, 0) is 25.7 Å². The molecule has 0 saturated carbocycles. The topological polar surface area (TPSA) is 89.9 Å². The number of carboxylic acid groups (broad SMARTS) is 1. The van der Waals surface area contributed by atoms with Gasteiger partial charge in [-0.25, -0.2) is 4.79 Å². The molecule has 0 aromatic heterocycles. The van der Waals surface area contributed by atoms with Gasteiger partial charge in [-0.2, -0.15) is 0 Å². The largest absolute Gasteiger partial charge is 0.481 e. The highest BCUT2D eigenvalue weighted by molar-refractivity contribution is 5.76. The Labute approximate surface area is 139 Å². The number of carbonyl (C=O) groups is 2. The van der Waals surface area contributed by atoms with Crippen LogP contribution in [0.3, 0.4) is 0 Å². The van der Waals surface area contributed by atoms with E-state index in [0.29, 0.717) is 19.5 Å². The van der Waals surface area contributed by atoms with Crippen molar-refractivity contribution < 1.29 is 19.8 Å². The molecular formula is C17H32N2O4. The predicted octanol–water partition coefficient (Wildman–Crippen LogP) is 2.75. The number of amides is 2. The molecule has 0 spiro atoms. The molecule has 6 heteroatoms. The maximum absolute atomic E-state index is 11.9. The standard InChI is InChI=1S/C17H32N2O4/c1-2-3-9-15(20)11-12-19-14(13-18-17(19)23)8-6-4-5-7-10-16(21)22/h14-15,20H,2-13H2,1H3,(H,18,23)(H,21,22). The normalized spacial score (nSPS) is 19.0. The number of aliphatic carboxylic acids is 1. The minimum atomic E-state index is -0.733. The van der Waals surface area contributed by atoms with E-state index >= 15 is 0 Å². The Morgan fingerprint density at radius 3 is 2.70 bits per heavy atom. The molecule has 2 amide bonds. The van der Waals surface area contributed by atoms with E-state index < -0.39 is 5.97 Å². The third-order valence-corrected chi connectivity index (χ3v) is 4.46. The van der Waals surface area contributed by atoms with Gasteiger partial charge in [0.2, 0.25) is 0 Å². The molecule has 1 rings (SSSR count). The second-order valence-electron chi connectivity index (χ2n) is 6.46. The van der Waals surface area contributed by atoms with Crippen molar-refractivity contribution in [2.75, 3.05) is 13.1 Å². The summed E-state index contributed by atoms with van der Waals surface area (Å²) in [5.74, 6) is -0.733. The van der Waals surface area contributed by atoms with Crippen molar-refractivity contribution in [3.05, 3.63) is 0 Å². The summed E-state index contributed by atoms with van der Waals surface area (Å²) in [7, 11) is 0. The zero-order valence-electron chi connectivity index (χ0n) is 14.3. The van der Waals surface area contributed by atoms with Crippen molar-refractivity contribution >= 4 is 12.0 Å². The van der Waals surface area contributed by atoms with E-state index in [0.717, 1.165) is 51.4 Å². The summed E-state index contributed by atoms with van der Waals surface area (Å²) in [6.45, 7) is 3.40. The molecule has 2 atom stereocenters. The highest BCUT2D eigenvalue weighted by Gasteiger charge is 2.29. The molecule has 1 aliphatic heterocycles. The molecule has 1 saturated heterocycles. The van der Waals surface area contributed by atoms with E-state index in [9.17, 15) is 14.7 Å². The Balaban J connectivity index is 2.20. The van der Waals surface area contributed by atoms with Gasteiger partial charge in [0.25, 0.3) is 0 Å². The van der Waals surface area contributed by atoms with E-state index in [2.05, 4.69) is 12.2 Å². The van der Waals surface area contributed by atoms with Crippen LogP contribution in [-0.2, 0) is 4.79 Å². The molecule has 3 N–H and O–H groups in total. The lowest BCUT2D eigenvalue weighted by Gasteiger charge is -2.24. The number of aliphatic hydroxyl groups excluding tert-OH is 1. The van der Waals surface area contributed by atoms with E-state index in [1.54, 1.807) is 0 Å². The van der Waals surface area contributed by atoms with Crippen LogP contribution in [-0.4, -0.2) is 52.3 Å². The van der Waals surface area contributed by atoms with Crippen molar-refractivity contribution in [2.45, 2.75) is 83.3 Å². The van der Waals surface area contributed by atoms with Crippen LogP contribution >= 0.6 is 0 Å². The van der Waals surface area contributed by atoms with Crippen molar-refractivity contribution in [3.8, 4) is 0 Å². The Morgan fingerprint density at radius 1 is 1.26 bits per heavy atom. The first kappa shape index (κ1) is 19.7. The summed E-state index contributed by atoms with van der Waals surface area (Å²) >= 11 is 0. The first-order chi connectivity index (χ1) is 11.0. The number of unbranched alkanes of at least 4 members (excludes halogenated alkanes) is 4. The van der Waals surface area contributed by atoms with Gasteiger partial charge in [-0.1, -0.05) is 39.0 Å². The van der Waals surface area contributed by atoms with Crippen LogP contribution in [0.2, 0.25) is 0 Å². The van der Waals surface area contributed by atoms with Crippen molar-refractivity contribution in [2.24, 2.45) is 0 Å². The Bertz CT molecular complexity index is 363. The second kappa shape index (κ2) is 11.3. The van der Waals surface area contributed by atoms with Gasteiger partial charge in [0.05, 0.1) is 12.1 Å². The Hall–Kier alpha value is -1.30. The number of carboxylic acids is 1. The van der Waals surface area contributed by atoms with Crippen LogP contribution in [0.25, 0.3) is 0 Å². The molecule has 0 aromatic rings. The average molecular weight is 328 g/mol. The van der Waals surface area contributed by atoms with Crippen LogP contribution in [0.1, 0.15) is 71.1 Å². The lowest BCUT2D eigenvalue weighted by Crippen LogP contribution is -2.36. The predicted molar refractivity (Wildman–Crippen MR) is 89.4 cm³/mol. The summed E-state index contributed by atoms with van der Waals surface area (Å²) in [4.78, 5) is 24.2. The second-order valence-corrected chi connectivity index (χ2v) is 6.46. The number of rotatable bonds is 13. The lowest BCUT2D eigenvalue weighted by atomic mass is 10.0. The van der Waals surface area contributed by atoms with E-state index in [1.807, 2.05) is 4.90 Å². The average Bonchev–Trinajstić information content (AvgIpc) is 2.86.